The van der Waals surface area contributed by atoms with Crippen LogP contribution in [0.3, 0.4) is 0 Å². The van der Waals surface area contributed by atoms with Crippen LogP contribution in [0.5, 0.6) is 0 Å². The summed E-state index contributed by atoms with van der Waals surface area (Å²) in [5, 5.41) is 16.7. The molecule has 4 rings (SSSR count). The molecule has 12 heteroatoms. The second kappa shape index (κ2) is 16.3. The van der Waals surface area contributed by atoms with Crippen molar-refractivity contribution < 1.29 is 18.7 Å². The minimum Gasteiger partial charge on any atom is -0.480 e. The van der Waals surface area contributed by atoms with E-state index in [9.17, 15) is 9.18 Å². The minimum atomic E-state index is -0.356. The molecule has 0 atom stereocenters. The lowest BCUT2D eigenvalue weighted by atomic mass is 10.0. The van der Waals surface area contributed by atoms with E-state index in [1.165, 1.54) is 13.2 Å². The number of benzene rings is 2. The molecule has 0 unspecified atom stereocenters. The van der Waals surface area contributed by atoms with Gasteiger partial charge in [0.15, 0.2) is 0 Å². The number of hydrogen-bond acceptors (Lipinski definition) is 10. The van der Waals surface area contributed by atoms with E-state index in [1.807, 2.05) is 13.0 Å². The number of aryl methyl sites for hydroxylation is 1. The Labute approximate surface area is 263 Å². The first-order valence-corrected chi connectivity index (χ1v) is 14.5. The summed E-state index contributed by atoms with van der Waals surface area (Å²) in [7, 11) is 5.10. The average Bonchev–Trinajstić information content (AvgIpc) is 3.04. The summed E-state index contributed by atoms with van der Waals surface area (Å²) in [6.45, 7) is 7.24. The van der Waals surface area contributed by atoms with Crippen LogP contribution in [0, 0.1) is 30.0 Å². The molecule has 2 aromatic carbocycles. The molecule has 0 spiro atoms. The van der Waals surface area contributed by atoms with Crippen molar-refractivity contribution in [1.29, 1.82) is 5.41 Å². The maximum atomic E-state index is 14.9. The molecule has 1 aliphatic rings. The van der Waals surface area contributed by atoms with E-state index < -0.39 is 0 Å². The molecule has 0 bridgehead atoms. The Kier molecular flexibility index (Phi) is 12.0. The monoisotopic (exact) mass is 614 g/mol. The van der Waals surface area contributed by atoms with Gasteiger partial charge < -0.3 is 30.3 Å². The molecule has 11 nitrogen and oxygen atoms in total. The fourth-order valence-electron chi connectivity index (χ4n) is 4.42. The number of hydrogen-bond donors (Lipinski definition) is 4. The molecule has 1 fully saturated rings. The molecule has 1 aliphatic heterocycles. The second-order valence-electron chi connectivity index (χ2n) is 10.6. The molecule has 4 N–H and O–H groups in total. The predicted octanol–water partition coefficient (Wildman–Crippen LogP) is 3.44. The van der Waals surface area contributed by atoms with Crippen LogP contribution >= 0.6 is 0 Å². The van der Waals surface area contributed by atoms with Crippen LogP contribution in [-0.4, -0.2) is 92.2 Å². The number of halogens is 1. The summed E-state index contributed by atoms with van der Waals surface area (Å²) in [5.74, 6) is 5.60. The van der Waals surface area contributed by atoms with E-state index in [0.29, 0.717) is 53.3 Å². The first kappa shape index (κ1) is 33.1. The van der Waals surface area contributed by atoms with Crippen LogP contribution in [0.1, 0.15) is 32.6 Å². The highest BCUT2D eigenvalue weighted by Crippen LogP contribution is 2.19. The molecule has 3 aromatic rings. The van der Waals surface area contributed by atoms with Crippen molar-refractivity contribution in [2.45, 2.75) is 13.5 Å². The predicted molar refractivity (Wildman–Crippen MR) is 173 cm³/mol. The molecular weight excluding hydrogens is 575 g/mol. The summed E-state index contributed by atoms with van der Waals surface area (Å²) in [4.78, 5) is 26.1. The van der Waals surface area contributed by atoms with E-state index in [1.54, 1.807) is 50.0 Å². The average molecular weight is 615 g/mol. The van der Waals surface area contributed by atoms with Crippen LogP contribution in [0.15, 0.2) is 60.7 Å². The lowest BCUT2D eigenvalue weighted by Gasteiger charge is -2.32. The number of methoxy groups -OCH3 is 2. The van der Waals surface area contributed by atoms with Gasteiger partial charge in [-0.15, -0.1) is 0 Å². The number of nitrogens with zero attached hydrogens (tertiary/aromatic N) is 4. The van der Waals surface area contributed by atoms with Gasteiger partial charge in [-0.25, -0.2) is 14.4 Å². The Hall–Kier alpha value is -4.83. The Morgan fingerprint density at radius 3 is 2.51 bits per heavy atom. The largest absolute Gasteiger partial charge is 0.480 e. The van der Waals surface area contributed by atoms with Crippen LogP contribution in [-0.2, 0) is 16.0 Å². The van der Waals surface area contributed by atoms with Gasteiger partial charge in [-0.2, -0.15) is 0 Å². The third kappa shape index (κ3) is 9.84. The second-order valence-corrected chi connectivity index (χ2v) is 10.6. The van der Waals surface area contributed by atoms with Gasteiger partial charge in [-0.1, -0.05) is 24.0 Å². The third-order valence-corrected chi connectivity index (χ3v) is 7.19. The number of carbonyl (C=O) groups is 1. The van der Waals surface area contributed by atoms with Crippen LogP contribution in [0.25, 0.3) is 0 Å². The van der Waals surface area contributed by atoms with Crippen molar-refractivity contribution in [3.05, 3.63) is 94.3 Å². The van der Waals surface area contributed by atoms with E-state index in [2.05, 4.69) is 54.6 Å². The summed E-state index contributed by atoms with van der Waals surface area (Å²) in [6.07, 6.45) is 4.71. The highest BCUT2D eigenvalue weighted by Gasteiger charge is 2.16. The Bertz CT molecular complexity index is 1570. The lowest BCUT2D eigenvalue weighted by Crippen LogP contribution is -2.44. The number of nitrogens with one attached hydrogen (secondary N) is 4. The summed E-state index contributed by atoms with van der Waals surface area (Å²) < 4.78 is 24.9. The standard InChI is InChI=1S/C33H39FN8O3/c1-23-5-7-26(32(43)39-28-10-9-27(29(34)18-28)22-42-14-12-41(2)13-15-42)17-25(23)8-6-24-19-37-33(38-20-24)40-30(31(35)45-4)21-36-11-16-44-3/h5,7,9-10,17-21,35-36H,11-16,22H2,1-4H3,(H,39,43)(H,37,38,40)/b30-21+,35-31?. The number of anilines is 2. The molecule has 45 heavy (non-hydrogen) atoms. The van der Waals surface area contributed by atoms with Crippen molar-refractivity contribution in [1.82, 2.24) is 25.1 Å². The molecule has 1 amide bonds. The molecule has 0 radical (unpaired) electrons. The highest BCUT2D eigenvalue weighted by atomic mass is 19.1. The van der Waals surface area contributed by atoms with Crippen molar-refractivity contribution in [3.63, 3.8) is 0 Å². The summed E-state index contributed by atoms with van der Waals surface area (Å²) in [6, 6.07) is 10.1. The normalized spacial score (nSPS) is 13.8. The van der Waals surface area contributed by atoms with Crippen molar-refractivity contribution in [2.24, 2.45) is 0 Å². The molecule has 0 saturated carbocycles. The number of likely N-dealkylation sites (N-methyl/N-ethyl adjacent to an activating group) is 1. The van der Waals surface area contributed by atoms with Gasteiger partial charge in [0, 0.05) is 87.3 Å². The minimum absolute atomic E-state index is 0.0878. The lowest BCUT2D eigenvalue weighted by molar-refractivity contribution is 0.102. The van der Waals surface area contributed by atoms with E-state index in [4.69, 9.17) is 14.9 Å². The maximum absolute atomic E-state index is 14.9. The maximum Gasteiger partial charge on any atom is 0.255 e. The number of rotatable bonds is 11. The van der Waals surface area contributed by atoms with Crippen LogP contribution in [0.2, 0.25) is 0 Å². The van der Waals surface area contributed by atoms with Crippen LogP contribution < -0.4 is 16.0 Å². The molecular formula is C33H39FN8O3. The quantitative estimate of drug-likeness (QED) is 0.111. The summed E-state index contributed by atoms with van der Waals surface area (Å²) >= 11 is 0. The Balaban J connectivity index is 1.39. The fourth-order valence-corrected chi connectivity index (χ4v) is 4.42. The zero-order chi connectivity index (χ0) is 32.2. The van der Waals surface area contributed by atoms with Gasteiger partial charge in [-0.3, -0.25) is 15.1 Å². The zero-order valence-corrected chi connectivity index (χ0v) is 26.0. The smallest absolute Gasteiger partial charge is 0.255 e. The van der Waals surface area contributed by atoms with Crippen molar-refractivity contribution in [3.8, 4) is 11.8 Å². The molecule has 1 aromatic heterocycles. The number of aromatic nitrogens is 2. The SMILES string of the molecule is COCCN/C=C(/Nc1ncc(C#Cc2cc(C(=O)Nc3ccc(CN4CCN(C)CC4)c(F)c3)ccc2C)cn1)C(=N)OC. The first-order chi connectivity index (χ1) is 21.7. The van der Waals surface area contributed by atoms with Gasteiger partial charge in [0.25, 0.3) is 5.91 Å². The van der Waals surface area contributed by atoms with Gasteiger partial charge >= 0.3 is 0 Å². The molecule has 1 saturated heterocycles. The van der Waals surface area contributed by atoms with Crippen molar-refractivity contribution in [2.75, 3.05) is 71.2 Å². The van der Waals surface area contributed by atoms with Gasteiger partial charge in [0.2, 0.25) is 11.8 Å². The summed E-state index contributed by atoms with van der Waals surface area (Å²) in [5.41, 5.74) is 3.88. The third-order valence-electron chi connectivity index (χ3n) is 7.19. The Morgan fingerprint density at radius 1 is 1.07 bits per heavy atom. The molecule has 2 heterocycles. The number of ether oxygens (including phenoxy) is 2. The van der Waals surface area contributed by atoms with Crippen molar-refractivity contribution >= 4 is 23.4 Å². The van der Waals surface area contributed by atoms with E-state index in [0.717, 1.165) is 31.7 Å². The van der Waals surface area contributed by atoms with Gasteiger partial charge in [0.05, 0.1) is 19.3 Å². The first-order valence-electron chi connectivity index (χ1n) is 14.5. The van der Waals surface area contributed by atoms with E-state index >= 15 is 0 Å². The topological polar surface area (TPSA) is 128 Å². The Morgan fingerprint density at radius 2 is 1.82 bits per heavy atom. The zero-order valence-electron chi connectivity index (χ0n) is 26.0. The number of amides is 1. The molecule has 0 aliphatic carbocycles. The number of piperazine rings is 1. The van der Waals surface area contributed by atoms with Gasteiger partial charge in [0.1, 0.15) is 11.5 Å². The van der Waals surface area contributed by atoms with E-state index in [-0.39, 0.29) is 23.6 Å². The molecule has 236 valence electrons. The van der Waals surface area contributed by atoms with Crippen LogP contribution in [0.4, 0.5) is 16.0 Å². The fraction of sp³-hybridized carbons (Fsp3) is 0.333. The van der Waals surface area contributed by atoms with Gasteiger partial charge in [-0.05, 0) is 43.8 Å². The highest BCUT2D eigenvalue weighted by molar-refractivity contribution is 6.04. The number of carbonyl (C=O) groups excluding carboxylic acids is 1.